The molecule has 0 bridgehead atoms. The van der Waals surface area contributed by atoms with Crippen LogP contribution in [0, 0.1) is 19.7 Å². The summed E-state index contributed by atoms with van der Waals surface area (Å²) in [6.07, 6.45) is 7.29. The molecule has 1 saturated heterocycles. The van der Waals surface area contributed by atoms with E-state index < -0.39 is 7.26 Å². The van der Waals surface area contributed by atoms with Gasteiger partial charge in [0.1, 0.15) is 0 Å². The van der Waals surface area contributed by atoms with Crippen molar-refractivity contribution < 1.29 is 18.7 Å². The number of carbonyl (C=O) groups excluding carboxylic acids is 2. The number of hydrogen-bond donors (Lipinski definition) is 1. The van der Waals surface area contributed by atoms with Crippen molar-refractivity contribution in [1.29, 1.82) is 0 Å². The van der Waals surface area contributed by atoms with Crippen molar-refractivity contribution in [1.82, 2.24) is 0 Å². The Morgan fingerprint density at radius 2 is 1.70 bits per heavy atom. The van der Waals surface area contributed by atoms with Gasteiger partial charge in [0.15, 0.2) is 0 Å². The molecule has 6 heteroatoms. The molecule has 33 heavy (non-hydrogen) atoms. The summed E-state index contributed by atoms with van der Waals surface area (Å²) in [5.74, 6) is -0.498. The number of halogens is 1. The summed E-state index contributed by atoms with van der Waals surface area (Å²) in [5, 5.41) is 3.12. The van der Waals surface area contributed by atoms with Crippen LogP contribution in [-0.4, -0.2) is 36.0 Å². The van der Waals surface area contributed by atoms with Gasteiger partial charge in [-0.15, -0.1) is 0 Å². The molecule has 1 unspecified atom stereocenters. The van der Waals surface area contributed by atoms with Gasteiger partial charge in [0.05, 0.1) is 0 Å². The second-order valence-electron chi connectivity index (χ2n) is 9.49. The standard InChI is InChI=1S/C27H37FNO3P/c1-4-11-24(27(31)29-26-20(2)16-23(28)17-21(26)3)33(14-9-6-10-15-33)19-25(30)32-18-22-12-7-5-8-13-22/h5,7-8,12-13,16-17,24,33H,4,6,9-11,14-15,18-19H2,1-3H3,(H,29,31). The number of carbonyl (C=O) groups is 2. The van der Waals surface area contributed by atoms with E-state index in [0.717, 1.165) is 61.1 Å². The number of anilines is 1. The molecule has 1 atom stereocenters. The molecular weight excluding hydrogens is 436 g/mol. The molecule has 0 aliphatic carbocycles. The number of aryl methyl sites for hydroxylation is 2. The summed E-state index contributed by atoms with van der Waals surface area (Å²) in [7, 11) is -2.26. The fraction of sp³-hybridized carbons (Fsp3) is 0.481. The van der Waals surface area contributed by atoms with E-state index in [2.05, 4.69) is 12.2 Å². The Morgan fingerprint density at radius 3 is 2.30 bits per heavy atom. The summed E-state index contributed by atoms with van der Waals surface area (Å²) in [5.41, 5.74) is 2.94. The van der Waals surface area contributed by atoms with E-state index >= 15 is 0 Å². The van der Waals surface area contributed by atoms with Crippen molar-refractivity contribution in [3.05, 3.63) is 65.0 Å². The Hall–Kier alpha value is -2.26. The molecule has 0 saturated carbocycles. The number of benzene rings is 2. The average Bonchev–Trinajstić information content (AvgIpc) is 2.79. The van der Waals surface area contributed by atoms with E-state index in [1.165, 1.54) is 12.1 Å². The Balaban J connectivity index is 1.79. The summed E-state index contributed by atoms with van der Waals surface area (Å²) >= 11 is 0. The monoisotopic (exact) mass is 473 g/mol. The summed E-state index contributed by atoms with van der Waals surface area (Å²) in [6.45, 7) is 5.99. The van der Waals surface area contributed by atoms with Gasteiger partial charge in [0.2, 0.25) is 0 Å². The van der Waals surface area contributed by atoms with E-state index in [-0.39, 0.29) is 30.0 Å². The first-order chi connectivity index (χ1) is 15.8. The molecule has 0 spiro atoms. The van der Waals surface area contributed by atoms with Gasteiger partial charge in [-0.1, -0.05) is 0 Å². The quantitative estimate of drug-likeness (QED) is 0.347. The molecule has 0 radical (unpaired) electrons. The molecule has 1 aliphatic rings. The minimum absolute atomic E-state index is 0.0147. The van der Waals surface area contributed by atoms with Gasteiger partial charge in [0, 0.05) is 0 Å². The zero-order valence-electron chi connectivity index (χ0n) is 20.1. The molecule has 3 rings (SSSR count). The van der Waals surface area contributed by atoms with Crippen LogP contribution in [0.1, 0.15) is 55.7 Å². The topological polar surface area (TPSA) is 55.4 Å². The van der Waals surface area contributed by atoms with Gasteiger partial charge in [0.25, 0.3) is 0 Å². The van der Waals surface area contributed by atoms with Gasteiger partial charge in [-0.25, -0.2) is 0 Å². The molecule has 0 aromatic heterocycles. The first-order valence-electron chi connectivity index (χ1n) is 12.1. The van der Waals surface area contributed by atoms with Crippen molar-refractivity contribution in [2.45, 2.75) is 65.1 Å². The minimum atomic E-state index is -2.26. The normalized spacial score (nSPS) is 17.1. The second kappa shape index (κ2) is 11.7. The maximum atomic E-state index is 13.8. The third kappa shape index (κ3) is 6.63. The molecule has 4 nitrogen and oxygen atoms in total. The fourth-order valence-electron chi connectivity index (χ4n) is 5.30. The summed E-state index contributed by atoms with van der Waals surface area (Å²) in [4.78, 5) is 26.6. The summed E-state index contributed by atoms with van der Waals surface area (Å²) in [6, 6.07) is 12.6. The Kier molecular flexibility index (Phi) is 9.02. The van der Waals surface area contributed by atoms with Crippen LogP contribution in [0.25, 0.3) is 0 Å². The fourth-order valence-corrected chi connectivity index (χ4v) is 11.0. The molecule has 1 heterocycles. The number of ether oxygens (including phenoxy) is 1. The van der Waals surface area contributed by atoms with Crippen LogP contribution in [0.15, 0.2) is 42.5 Å². The van der Waals surface area contributed by atoms with E-state index in [1.54, 1.807) is 0 Å². The van der Waals surface area contributed by atoms with Gasteiger partial charge < -0.3 is 0 Å². The second-order valence-corrected chi connectivity index (χ2v) is 14.3. The van der Waals surface area contributed by atoms with E-state index in [9.17, 15) is 14.0 Å². The molecule has 2 aromatic rings. The predicted molar refractivity (Wildman–Crippen MR) is 136 cm³/mol. The zero-order valence-corrected chi connectivity index (χ0v) is 21.1. The van der Waals surface area contributed by atoms with Crippen LogP contribution >= 0.6 is 7.26 Å². The Labute approximate surface area is 197 Å². The van der Waals surface area contributed by atoms with Crippen molar-refractivity contribution in [3.63, 3.8) is 0 Å². The molecular formula is C27H37FNO3P. The van der Waals surface area contributed by atoms with Gasteiger partial charge >= 0.3 is 197 Å². The van der Waals surface area contributed by atoms with Crippen molar-refractivity contribution in [2.75, 3.05) is 23.8 Å². The third-order valence-electron chi connectivity index (χ3n) is 6.97. The number of nitrogens with one attached hydrogen (secondary N) is 1. The van der Waals surface area contributed by atoms with Crippen molar-refractivity contribution >= 4 is 24.8 Å². The molecule has 1 amide bonds. The van der Waals surface area contributed by atoms with Crippen LogP contribution in [0.4, 0.5) is 10.1 Å². The first-order valence-corrected chi connectivity index (χ1v) is 14.8. The van der Waals surface area contributed by atoms with Gasteiger partial charge in [-0.2, -0.15) is 0 Å². The molecule has 1 aliphatic heterocycles. The molecule has 2 aromatic carbocycles. The zero-order chi connectivity index (χ0) is 23.8. The van der Waals surface area contributed by atoms with Crippen LogP contribution < -0.4 is 5.32 Å². The van der Waals surface area contributed by atoms with Crippen molar-refractivity contribution in [3.8, 4) is 0 Å². The molecule has 1 fully saturated rings. The Bertz CT molecular complexity index is 934. The van der Waals surface area contributed by atoms with E-state index in [4.69, 9.17) is 4.74 Å². The van der Waals surface area contributed by atoms with Crippen molar-refractivity contribution in [2.24, 2.45) is 0 Å². The third-order valence-corrected chi connectivity index (χ3v) is 12.7. The van der Waals surface area contributed by atoms with Gasteiger partial charge in [-0.3, -0.25) is 0 Å². The summed E-state index contributed by atoms with van der Waals surface area (Å²) < 4.78 is 19.4. The molecule has 180 valence electrons. The predicted octanol–water partition coefficient (Wildman–Crippen LogP) is 6.23. The molecule has 1 N–H and O–H groups in total. The van der Waals surface area contributed by atoms with E-state index in [1.807, 2.05) is 44.2 Å². The van der Waals surface area contributed by atoms with Gasteiger partial charge in [-0.05, 0) is 0 Å². The van der Waals surface area contributed by atoms with E-state index in [0.29, 0.717) is 11.8 Å². The SMILES string of the molecule is CCCC(C(=O)Nc1c(C)cc(F)cc1C)[PH]1(CC(=O)OCc2ccccc2)CCCCC1. The number of esters is 1. The Morgan fingerprint density at radius 1 is 1.06 bits per heavy atom. The average molecular weight is 474 g/mol. The van der Waals surface area contributed by atoms with Crippen LogP contribution in [-0.2, 0) is 20.9 Å². The number of amides is 1. The van der Waals surface area contributed by atoms with Crippen LogP contribution in [0.2, 0.25) is 0 Å². The number of rotatable bonds is 9. The maximum absolute atomic E-state index is 13.8. The number of hydrogen-bond acceptors (Lipinski definition) is 3. The first kappa shape index (κ1) is 25.4. The van der Waals surface area contributed by atoms with Crippen LogP contribution in [0.3, 0.4) is 0 Å². The van der Waals surface area contributed by atoms with Crippen LogP contribution in [0.5, 0.6) is 0 Å².